The monoisotopic (exact) mass is 1660 g/mol. The third kappa shape index (κ3) is 24.6. The lowest BCUT2D eigenvalue weighted by Gasteiger charge is -2.28. The second-order valence-corrected chi connectivity index (χ2v) is 32.7. The van der Waals surface area contributed by atoms with Crippen molar-refractivity contribution in [3.63, 3.8) is 0 Å². The number of likely N-dealkylation sites (tertiary alicyclic amines) is 1. The number of allylic oxidation sites excluding steroid dienone is 2. The standard InChI is InChI=1S/C90H112N12O19/c1-12-56(28-30-91-8)40-71(98-80(107)53(2)92-76(103)47-102-32-34-117-35-33-102)85(112)96-69(78(105)89(6)51-120-89)42-58-20-16-22-62(36-58)67-39-61(25-27-75(67)116-11)45-73(99-81(108)54(3)93-83(110)64-29-31-101(9)46-64)87(114)97-70(79(106)90(7)52-121-90)43-59-21-17-23-63(37-59)66-38-60(24-26-74(66)115-10)44-72(100-82(109)55(4)94-84(111)65-48-118-49-65)86(113)95-68(77(104)88(5)50-119-88)41-57-18-14-13-15-19-57/h12-28,30,36-39,53-55,64-65,68-73H,8,29,31-35,40-52H2,1-7,9-11H3,(H,92,103)(H,93,110)(H,94,111)(H,95,113)(H,96,112)(H,97,114)(H,98,107)(H,99,108)(H,100,109)/b30-28-,56-12+/t53?,54?,55?,64?,68?,69?,70?,71?,72?,73?,88?,89-,90?/m1/s1. The Balaban J connectivity index is 0.851. The smallest absolute Gasteiger partial charge is 0.243 e. The number of hydrogen-bond acceptors (Lipinski definition) is 22. The first-order valence-electron chi connectivity index (χ1n) is 41.1. The van der Waals surface area contributed by atoms with Crippen LogP contribution in [-0.4, -0.2) is 258 Å². The molecule has 5 aromatic rings. The van der Waals surface area contributed by atoms with E-state index in [1.165, 1.54) is 41.2 Å². The van der Waals surface area contributed by atoms with E-state index in [-0.39, 0.29) is 108 Å². The van der Waals surface area contributed by atoms with Gasteiger partial charge in [-0.15, -0.1) is 0 Å². The predicted molar refractivity (Wildman–Crippen MR) is 449 cm³/mol. The van der Waals surface area contributed by atoms with Gasteiger partial charge in [0, 0.05) is 56.2 Å². The van der Waals surface area contributed by atoms with Crippen LogP contribution in [-0.2, 0) is 113 Å². The van der Waals surface area contributed by atoms with E-state index in [1.807, 2.05) is 71.4 Å². The number of Topliss-reactive ketones (excluding diaryl/α,β-unsaturated/α-hetero) is 3. The highest BCUT2D eigenvalue weighted by Gasteiger charge is 2.53. The molecule has 9 N–H and O–H groups in total. The molecule has 9 amide bonds. The van der Waals surface area contributed by atoms with Crippen molar-refractivity contribution >= 4 is 77.2 Å². The number of ether oxygens (including phenoxy) is 7. The van der Waals surface area contributed by atoms with Gasteiger partial charge in [0.25, 0.3) is 0 Å². The molecule has 0 bridgehead atoms. The van der Waals surface area contributed by atoms with Crippen molar-refractivity contribution in [1.29, 1.82) is 0 Å². The van der Waals surface area contributed by atoms with Gasteiger partial charge in [-0.1, -0.05) is 97.1 Å². The van der Waals surface area contributed by atoms with Crippen molar-refractivity contribution in [2.75, 3.05) is 100 Å². The van der Waals surface area contributed by atoms with E-state index >= 15 is 4.79 Å². The minimum Gasteiger partial charge on any atom is -0.496 e. The molecule has 6 heterocycles. The van der Waals surface area contributed by atoms with Crippen LogP contribution in [0.4, 0.5) is 0 Å². The predicted octanol–water partition coefficient (Wildman–Crippen LogP) is 3.13. The molecule has 6 aliphatic heterocycles. The van der Waals surface area contributed by atoms with Gasteiger partial charge in [0.05, 0.1) is 97.0 Å². The molecule has 0 saturated carbocycles. The molecular formula is C90H112N12O19. The number of carbonyl (C=O) groups excluding carboxylic acids is 12. The molecule has 31 heteroatoms. The summed E-state index contributed by atoms with van der Waals surface area (Å²) < 4.78 is 39.5. The first-order valence-corrected chi connectivity index (χ1v) is 41.1. The van der Waals surface area contributed by atoms with Crippen LogP contribution < -0.4 is 57.3 Å². The number of hydrogen-bond donors (Lipinski definition) is 9. The fraction of sp³-hybridized carbons (Fsp3) is 0.478. The molecule has 5 aromatic carbocycles. The lowest BCUT2D eigenvalue weighted by Crippen LogP contribution is -2.57. The SMILES string of the molecule is C=N/C=C\C(=C/C)CC(NC(=O)C(C)NC(=O)CN1CCOCC1)C(=O)NC(Cc1cccc(-c2cc(CC(NC(=O)C(C)NC(=O)C3CCN(C)C3)C(=O)NC(Cc3cccc(-c4cc(CC(NC(=O)C(C)NC(=O)C5COC5)C(=O)NC(Cc5ccccc5)C(=O)C5(C)CO5)ccc4OC)c3)C(=O)C3(C)CO3)ccc2OC)c1)C(=O)[C@@]1(C)CO1. The van der Waals surface area contributed by atoms with Crippen LogP contribution in [0.5, 0.6) is 11.5 Å². The van der Waals surface area contributed by atoms with E-state index in [0.29, 0.717) is 107 Å². The van der Waals surface area contributed by atoms with Crippen molar-refractivity contribution in [1.82, 2.24) is 57.7 Å². The number of benzene rings is 5. The number of morpholine rings is 1. The topological polar surface area (TPSA) is 406 Å². The number of carbonyl (C=O) groups is 12. The molecular weight excluding hydrogens is 1550 g/mol. The average Bonchev–Trinajstić information content (AvgIpc) is 1.66. The summed E-state index contributed by atoms with van der Waals surface area (Å²) in [6, 6.07) is 23.3. The van der Waals surface area contributed by atoms with Gasteiger partial charge in [0.1, 0.15) is 64.6 Å². The summed E-state index contributed by atoms with van der Waals surface area (Å²) in [7, 11) is 4.89. The second kappa shape index (κ2) is 40.9. The summed E-state index contributed by atoms with van der Waals surface area (Å²) in [6.45, 7) is 18.8. The summed E-state index contributed by atoms with van der Waals surface area (Å²) in [4.78, 5) is 179. The lowest BCUT2D eigenvalue weighted by atomic mass is 9.91. The number of aliphatic imine (C=N–C) groups is 1. The maximum atomic E-state index is 15.5. The minimum atomic E-state index is -1.40. The summed E-state index contributed by atoms with van der Waals surface area (Å²) in [5.41, 5.74) is 2.24. The first-order chi connectivity index (χ1) is 57.9. The number of epoxide rings is 3. The van der Waals surface area contributed by atoms with E-state index < -0.39 is 124 Å². The van der Waals surface area contributed by atoms with E-state index in [0.717, 1.165) is 5.56 Å². The molecule has 6 fully saturated rings. The van der Waals surface area contributed by atoms with Crippen LogP contribution in [0.1, 0.15) is 89.1 Å². The third-order valence-corrected chi connectivity index (χ3v) is 22.9. The molecule has 0 spiro atoms. The molecule has 0 aliphatic carbocycles. The van der Waals surface area contributed by atoms with Crippen molar-refractivity contribution in [3.8, 4) is 33.8 Å². The summed E-state index contributed by atoms with van der Waals surface area (Å²) >= 11 is 0. The van der Waals surface area contributed by atoms with Crippen molar-refractivity contribution in [3.05, 3.63) is 167 Å². The first kappa shape index (κ1) is 90.6. The molecule has 6 saturated heterocycles. The lowest BCUT2D eigenvalue weighted by molar-refractivity contribution is -0.142. The average molecular weight is 1670 g/mol. The van der Waals surface area contributed by atoms with Gasteiger partial charge in [-0.3, -0.25) is 67.4 Å². The van der Waals surface area contributed by atoms with Gasteiger partial charge in [-0.05, 0) is 169 Å². The normalized spacial score (nSPS) is 21.7. The fourth-order valence-electron chi connectivity index (χ4n) is 14.9. The number of nitrogens with one attached hydrogen (secondary N) is 9. The summed E-state index contributed by atoms with van der Waals surface area (Å²) in [5.74, 6) is -6.38. The number of ketones is 3. The Hall–Kier alpha value is -11.2. The molecule has 12 unspecified atom stereocenters. The Morgan fingerprint density at radius 1 is 0.488 bits per heavy atom. The molecule has 0 radical (unpaired) electrons. The Morgan fingerprint density at radius 3 is 1.31 bits per heavy atom. The molecule has 0 aromatic heterocycles. The minimum absolute atomic E-state index is 0.0327. The van der Waals surface area contributed by atoms with Gasteiger partial charge in [0.15, 0.2) is 17.3 Å². The number of methoxy groups -OCH3 is 2. The maximum Gasteiger partial charge on any atom is 0.243 e. The molecule has 121 heavy (non-hydrogen) atoms. The maximum absolute atomic E-state index is 15.5. The Morgan fingerprint density at radius 2 is 0.893 bits per heavy atom. The van der Waals surface area contributed by atoms with Gasteiger partial charge < -0.3 is 85.9 Å². The molecule has 13 atom stereocenters. The van der Waals surface area contributed by atoms with Gasteiger partial charge in [0.2, 0.25) is 53.2 Å². The zero-order chi connectivity index (χ0) is 86.9. The largest absolute Gasteiger partial charge is 0.496 e. The van der Waals surface area contributed by atoms with E-state index in [4.69, 9.17) is 33.2 Å². The Labute approximate surface area is 704 Å². The zero-order valence-corrected chi connectivity index (χ0v) is 70.3. The second-order valence-electron chi connectivity index (χ2n) is 32.7. The number of rotatable bonds is 43. The molecule has 31 nitrogen and oxygen atoms in total. The number of amides is 9. The van der Waals surface area contributed by atoms with Crippen molar-refractivity contribution in [2.45, 2.75) is 165 Å². The highest BCUT2D eigenvalue weighted by Crippen LogP contribution is 2.37. The number of nitrogens with zero attached hydrogens (tertiary/aromatic N) is 3. The van der Waals surface area contributed by atoms with Crippen LogP contribution in [0.3, 0.4) is 0 Å². The molecule has 11 rings (SSSR count). The Bertz CT molecular complexity index is 4720. The van der Waals surface area contributed by atoms with Crippen molar-refractivity contribution in [2.24, 2.45) is 16.8 Å². The molecule has 646 valence electrons. The third-order valence-electron chi connectivity index (χ3n) is 22.9. The Kier molecular flexibility index (Phi) is 30.6. The van der Waals surface area contributed by atoms with Crippen LogP contribution in [0.25, 0.3) is 22.3 Å². The van der Waals surface area contributed by atoms with Crippen LogP contribution >= 0.6 is 0 Å². The zero-order valence-electron chi connectivity index (χ0n) is 70.3. The highest BCUT2D eigenvalue weighted by atomic mass is 16.6. The quantitative estimate of drug-likeness (QED) is 0.0154. The van der Waals surface area contributed by atoms with Gasteiger partial charge in [-0.2, -0.15) is 0 Å². The van der Waals surface area contributed by atoms with Crippen molar-refractivity contribution < 1.29 is 90.7 Å². The molecule has 6 aliphatic rings. The van der Waals surface area contributed by atoms with E-state index in [1.54, 1.807) is 101 Å². The van der Waals surface area contributed by atoms with Crippen LogP contribution in [0.15, 0.2) is 144 Å². The summed E-state index contributed by atoms with van der Waals surface area (Å²) in [6.07, 6.45) is 5.10. The van der Waals surface area contributed by atoms with E-state index in [2.05, 4.69) is 59.6 Å². The summed E-state index contributed by atoms with van der Waals surface area (Å²) in [5, 5.41) is 25.7. The van der Waals surface area contributed by atoms with E-state index in [9.17, 15) is 52.7 Å². The van der Waals surface area contributed by atoms with Crippen LogP contribution in [0, 0.1) is 11.8 Å². The van der Waals surface area contributed by atoms with Crippen LogP contribution in [0.2, 0.25) is 0 Å². The van der Waals surface area contributed by atoms with Gasteiger partial charge >= 0.3 is 0 Å². The highest BCUT2D eigenvalue weighted by molar-refractivity contribution is 6.02. The fourth-order valence-corrected chi connectivity index (χ4v) is 14.9. The van der Waals surface area contributed by atoms with Gasteiger partial charge in [-0.25, -0.2) is 0 Å².